The number of hydrogen-bond acceptors (Lipinski definition) is 2. The van der Waals surface area contributed by atoms with Gasteiger partial charge in [0.1, 0.15) is 5.78 Å². The van der Waals surface area contributed by atoms with E-state index in [2.05, 4.69) is 0 Å². The maximum atomic E-state index is 12.0. The van der Waals surface area contributed by atoms with Crippen LogP contribution >= 0.6 is 11.6 Å². The molecule has 0 aromatic heterocycles. The minimum absolute atomic E-state index is 0.0463. The number of nitrogens with zero attached hydrogens (tertiary/aromatic N) is 1. The standard InChI is InChI=1S/C12H12ClNO2/c13-10-3-1-2-9(8-10)12(16)14-6-4-11(15)5-7-14/h1-3,8H,4-7H2. The van der Waals surface area contributed by atoms with Crippen molar-refractivity contribution in [3.63, 3.8) is 0 Å². The van der Waals surface area contributed by atoms with E-state index >= 15 is 0 Å². The highest BCUT2D eigenvalue weighted by molar-refractivity contribution is 6.30. The zero-order chi connectivity index (χ0) is 11.5. The van der Waals surface area contributed by atoms with Crippen LogP contribution < -0.4 is 0 Å². The van der Waals surface area contributed by atoms with Crippen LogP contribution in [0.1, 0.15) is 23.2 Å². The summed E-state index contributed by atoms with van der Waals surface area (Å²) in [5.41, 5.74) is 0.585. The summed E-state index contributed by atoms with van der Waals surface area (Å²) in [6.07, 6.45) is 0.929. The molecule has 3 nitrogen and oxygen atoms in total. The van der Waals surface area contributed by atoms with E-state index in [1.165, 1.54) is 0 Å². The van der Waals surface area contributed by atoms with Gasteiger partial charge in [0.15, 0.2) is 0 Å². The van der Waals surface area contributed by atoms with Crippen molar-refractivity contribution in [1.82, 2.24) is 4.90 Å². The van der Waals surface area contributed by atoms with E-state index < -0.39 is 0 Å². The Morgan fingerprint density at radius 1 is 1.25 bits per heavy atom. The van der Waals surface area contributed by atoms with Crippen molar-refractivity contribution < 1.29 is 9.59 Å². The number of halogens is 1. The number of carbonyl (C=O) groups is 2. The Morgan fingerprint density at radius 3 is 2.56 bits per heavy atom. The van der Waals surface area contributed by atoms with Crippen LogP contribution in [0, 0.1) is 0 Å². The lowest BCUT2D eigenvalue weighted by molar-refractivity contribution is -0.120. The molecule has 0 aliphatic carbocycles. The highest BCUT2D eigenvalue weighted by Gasteiger charge is 2.21. The van der Waals surface area contributed by atoms with E-state index in [1.54, 1.807) is 29.2 Å². The average molecular weight is 238 g/mol. The van der Waals surface area contributed by atoms with Gasteiger partial charge in [-0.1, -0.05) is 17.7 Å². The molecule has 0 radical (unpaired) electrons. The van der Waals surface area contributed by atoms with Crippen molar-refractivity contribution in [1.29, 1.82) is 0 Å². The predicted octanol–water partition coefficient (Wildman–Crippen LogP) is 2.15. The van der Waals surface area contributed by atoms with Crippen molar-refractivity contribution in [2.45, 2.75) is 12.8 Å². The summed E-state index contributed by atoms with van der Waals surface area (Å²) < 4.78 is 0. The minimum atomic E-state index is -0.0463. The Bertz CT molecular complexity index is 421. The Morgan fingerprint density at radius 2 is 1.94 bits per heavy atom. The third kappa shape index (κ3) is 2.42. The van der Waals surface area contributed by atoms with Gasteiger partial charge in [-0.2, -0.15) is 0 Å². The number of piperidine rings is 1. The summed E-state index contributed by atoms with van der Waals surface area (Å²) in [7, 11) is 0. The lowest BCUT2D eigenvalue weighted by atomic mass is 10.1. The molecule has 2 rings (SSSR count). The second-order valence-electron chi connectivity index (χ2n) is 3.84. The summed E-state index contributed by atoms with van der Waals surface area (Å²) in [5.74, 6) is 0.185. The number of benzene rings is 1. The molecule has 16 heavy (non-hydrogen) atoms. The van der Waals surface area contributed by atoms with Gasteiger partial charge in [-0.05, 0) is 18.2 Å². The molecule has 1 amide bonds. The number of amides is 1. The third-order valence-electron chi connectivity index (χ3n) is 2.68. The van der Waals surface area contributed by atoms with Gasteiger partial charge >= 0.3 is 0 Å². The second-order valence-corrected chi connectivity index (χ2v) is 4.28. The first-order valence-corrected chi connectivity index (χ1v) is 5.61. The number of hydrogen-bond donors (Lipinski definition) is 0. The summed E-state index contributed by atoms with van der Waals surface area (Å²) in [5, 5.41) is 0.555. The highest BCUT2D eigenvalue weighted by atomic mass is 35.5. The summed E-state index contributed by atoms with van der Waals surface area (Å²) in [6.45, 7) is 1.04. The minimum Gasteiger partial charge on any atom is -0.338 e. The smallest absolute Gasteiger partial charge is 0.253 e. The molecule has 1 aromatic rings. The largest absolute Gasteiger partial charge is 0.338 e. The van der Waals surface area contributed by atoms with Gasteiger partial charge in [-0.3, -0.25) is 9.59 Å². The first kappa shape index (κ1) is 11.1. The van der Waals surface area contributed by atoms with Gasteiger partial charge in [0.2, 0.25) is 0 Å². The molecule has 0 unspecified atom stereocenters. The zero-order valence-corrected chi connectivity index (χ0v) is 9.54. The van der Waals surface area contributed by atoms with Crippen molar-refractivity contribution in [2.75, 3.05) is 13.1 Å². The summed E-state index contributed by atoms with van der Waals surface area (Å²) >= 11 is 5.83. The summed E-state index contributed by atoms with van der Waals surface area (Å²) in [6, 6.07) is 6.88. The average Bonchev–Trinajstić information content (AvgIpc) is 2.29. The quantitative estimate of drug-likeness (QED) is 0.751. The van der Waals surface area contributed by atoms with E-state index in [1.807, 2.05) is 0 Å². The van der Waals surface area contributed by atoms with Crippen molar-refractivity contribution >= 4 is 23.3 Å². The van der Waals surface area contributed by atoms with E-state index in [9.17, 15) is 9.59 Å². The van der Waals surface area contributed by atoms with Gasteiger partial charge in [-0.15, -0.1) is 0 Å². The normalized spacial score (nSPS) is 16.3. The number of carbonyl (C=O) groups excluding carboxylic acids is 2. The topological polar surface area (TPSA) is 37.4 Å². The molecule has 1 aliphatic heterocycles. The molecule has 1 fully saturated rings. The molecule has 4 heteroatoms. The highest BCUT2D eigenvalue weighted by Crippen LogP contribution is 2.15. The Hall–Kier alpha value is -1.35. The molecule has 1 heterocycles. The number of likely N-dealkylation sites (tertiary alicyclic amines) is 1. The van der Waals surface area contributed by atoms with Crippen LogP contribution in [-0.4, -0.2) is 29.7 Å². The third-order valence-corrected chi connectivity index (χ3v) is 2.91. The summed E-state index contributed by atoms with van der Waals surface area (Å²) in [4.78, 5) is 24.8. The van der Waals surface area contributed by atoms with Crippen LogP contribution in [0.3, 0.4) is 0 Å². The van der Waals surface area contributed by atoms with Gasteiger partial charge in [0.05, 0.1) is 0 Å². The van der Waals surface area contributed by atoms with Crippen molar-refractivity contribution in [3.8, 4) is 0 Å². The van der Waals surface area contributed by atoms with Crippen LogP contribution in [0.25, 0.3) is 0 Å². The molecule has 1 aromatic carbocycles. The first-order chi connectivity index (χ1) is 7.66. The Balaban J connectivity index is 2.10. The fourth-order valence-corrected chi connectivity index (χ4v) is 1.95. The van der Waals surface area contributed by atoms with Crippen molar-refractivity contribution in [2.24, 2.45) is 0 Å². The molecule has 1 saturated heterocycles. The van der Waals surface area contributed by atoms with Crippen LogP contribution in [0.4, 0.5) is 0 Å². The van der Waals surface area contributed by atoms with E-state index in [0.717, 1.165) is 0 Å². The molecular weight excluding hydrogens is 226 g/mol. The van der Waals surface area contributed by atoms with Gasteiger partial charge in [0, 0.05) is 36.5 Å². The van der Waals surface area contributed by atoms with Crippen LogP contribution in [0.5, 0.6) is 0 Å². The fourth-order valence-electron chi connectivity index (χ4n) is 1.76. The lowest BCUT2D eigenvalue weighted by Gasteiger charge is -2.26. The molecule has 0 N–H and O–H groups in total. The van der Waals surface area contributed by atoms with Gasteiger partial charge in [-0.25, -0.2) is 0 Å². The Labute approximate surface area is 99.0 Å². The molecular formula is C12H12ClNO2. The molecule has 1 aliphatic rings. The predicted molar refractivity (Wildman–Crippen MR) is 61.6 cm³/mol. The second kappa shape index (κ2) is 4.66. The Kier molecular flexibility index (Phi) is 3.25. The van der Waals surface area contributed by atoms with Gasteiger partial charge in [0.25, 0.3) is 5.91 Å². The molecule has 0 atom stereocenters. The van der Waals surface area contributed by atoms with E-state index in [4.69, 9.17) is 11.6 Å². The number of rotatable bonds is 1. The molecule has 84 valence electrons. The SMILES string of the molecule is O=C1CCN(C(=O)c2cccc(Cl)c2)CC1. The number of ketones is 1. The van der Waals surface area contributed by atoms with E-state index in [-0.39, 0.29) is 11.7 Å². The number of Topliss-reactive ketones (excluding diaryl/α,β-unsaturated/α-hetero) is 1. The fraction of sp³-hybridized carbons (Fsp3) is 0.333. The van der Waals surface area contributed by atoms with E-state index in [0.29, 0.717) is 36.5 Å². The molecule has 0 saturated carbocycles. The molecule has 0 bridgehead atoms. The van der Waals surface area contributed by atoms with Crippen LogP contribution in [0.15, 0.2) is 24.3 Å². The van der Waals surface area contributed by atoms with Gasteiger partial charge < -0.3 is 4.90 Å². The van der Waals surface area contributed by atoms with Crippen LogP contribution in [-0.2, 0) is 4.79 Å². The lowest BCUT2D eigenvalue weighted by Crippen LogP contribution is -2.38. The maximum absolute atomic E-state index is 12.0. The monoisotopic (exact) mass is 237 g/mol. The van der Waals surface area contributed by atoms with Crippen molar-refractivity contribution in [3.05, 3.63) is 34.9 Å². The molecule has 0 spiro atoms. The first-order valence-electron chi connectivity index (χ1n) is 5.23. The maximum Gasteiger partial charge on any atom is 0.253 e. The zero-order valence-electron chi connectivity index (χ0n) is 8.78. The van der Waals surface area contributed by atoms with Crippen LogP contribution in [0.2, 0.25) is 5.02 Å².